The van der Waals surface area contributed by atoms with Gasteiger partial charge in [0.05, 0.1) is 18.5 Å². The molecule has 0 spiro atoms. The maximum atomic E-state index is 5.53. The predicted molar refractivity (Wildman–Crippen MR) is 67.7 cm³/mol. The van der Waals surface area contributed by atoms with E-state index < -0.39 is 0 Å². The van der Waals surface area contributed by atoms with Gasteiger partial charge in [0.25, 0.3) is 0 Å². The number of aromatic nitrogens is 2. The highest BCUT2D eigenvalue weighted by atomic mass is 16.3. The van der Waals surface area contributed by atoms with E-state index >= 15 is 0 Å². The van der Waals surface area contributed by atoms with Gasteiger partial charge in [-0.1, -0.05) is 13.8 Å². The van der Waals surface area contributed by atoms with Gasteiger partial charge in [0.15, 0.2) is 0 Å². The summed E-state index contributed by atoms with van der Waals surface area (Å²) >= 11 is 0. The first-order chi connectivity index (χ1) is 8.26. The van der Waals surface area contributed by atoms with E-state index in [1.807, 2.05) is 17.8 Å². The summed E-state index contributed by atoms with van der Waals surface area (Å²) in [7, 11) is 1.95. The van der Waals surface area contributed by atoms with Crippen LogP contribution >= 0.6 is 0 Å². The van der Waals surface area contributed by atoms with Crippen LogP contribution in [0.25, 0.3) is 11.1 Å². The molecule has 4 nitrogen and oxygen atoms in total. The van der Waals surface area contributed by atoms with Crippen LogP contribution in [0.15, 0.2) is 22.9 Å². The van der Waals surface area contributed by atoms with Gasteiger partial charge in [-0.15, -0.1) is 0 Å². The third kappa shape index (κ3) is 2.42. The molecule has 4 heteroatoms. The van der Waals surface area contributed by atoms with Crippen LogP contribution in [-0.4, -0.2) is 16.3 Å². The molecule has 0 atom stereocenters. The fourth-order valence-electron chi connectivity index (χ4n) is 1.98. The largest absolute Gasteiger partial charge is 0.467 e. The lowest BCUT2D eigenvalue weighted by atomic mass is 10.1. The van der Waals surface area contributed by atoms with E-state index in [1.54, 1.807) is 6.26 Å². The fraction of sp³-hybridized carbons (Fsp3) is 0.462. The SMILES string of the molecule is CCNCc1occc1-c1cn(C)nc1CC. The molecule has 2 rings (SSSR count). The standard InChI is InChI=1S/C13H19N3O/c1-4-12-11(9-16(3)15-12)10-6-7-17-13(10)8-14-5-2/h6-7,9,14H,4-5,8H2,1-3H3. The lowest BCUT2D eigenvalue weighted by molar-refractivity contribution is 0.489. The normalized spacial score (nSPS) is 11.0. The van der Waals surface area contributed by atoms with Crippen molar-refractivity contribution in [3.05, 3.63) is 30.0 Å². The average Bonchev–Trinajstić information content (AvgIpc) is 2.91. The fourth-order valence-corrected chi connectivity index (χ4v) is 1.98. The van der Waals surface area contributed by atoms with Crippen LogP contribution in [0.1, 0.15) is 25.3 Å². The molecule has 0 radical (unpaired) electrons. The summed E-state index contributed by atoms with van der Waals surface area (Å²) in [4.78, 5) is 0. The Morgan fingerprint density at radius 2 is 2.18 bits per heavy atom. The van der Waals surface area contributed by atoms with Crippen LogP contribution in [0.2, 0.25) is 0 Å². The Morgan fingerprint density at radius 1 is 1.35 bits per heavy atom. The number of rotatable bonds is 5. The summed E-state index contributed by atoms with van der Waals surface area (Å²) < 4.78 is 7.39. The highest BCUT2D eigenvalue weighted by Crippen LogP contribution is 2.27. The van der Waals surface area contributed by atoms with Gasteiger partial charge in [0.2, 0.25) is 0 Å². The highest BCUT2D eigenvalue weighted by molar-refractivity contribution is 5.67. The molecule has 0 unspecified atom stereocenters. The average molecular weight is 233 g/mol. The van der Waals surface area contributed by atoms with Crippen molar-refractivity contribution in [2.24, 2.45) is 7.05 Å². The summed E-state index contributed by atoms with van der Waals surface area (Å²) in [6.07, 6.45) is 4.73. The predicted octanol–water partition coefficient (Wildman–Crippen LogP) is 2.35. The van der Waals surface area contributed by atoms with Crippen LogP contribution in [-0.2, 0) is 20.0 Å². The summed E-state index contributed by atoms with van der Waals surface area (Å²) in [5.41, 5.74) is 3.44. The van der Waals surface area contributed by atoms with E-state index in [2.05, 4.69) is 30.5 Å². The molecule has 0 aromatic carbocycles. The Balaban J connectivity index is 2.35. The van der Waals surface area contributed by atoms with E-state index in [4.69, 9.17) is 4.42 Å². The van der Waals surface area contributed by atoms with Crippen molar-refractivity contribution in [2.75, 3.05) is 6.54 Å². The zero-order valence-corrected chi connectivity index (χ0v) is 10.7. The van der Waals surface area contributed by atoms with Crippen molar-refractivity contribution in [3.8, 4) is 11.1 Å². The highest BCUT2D eigenvalue weighted by Gasteiger charge is 2.14. The molecule has 0 fully saturated rings. The Hall–Kier alpha value is -1.55. The molecule has 0 bridgehead atoms. The Morgan fingerprint density at radius 3 is 2.88 bits per heavy atom. The van der Waals surface area contributed by atoms with E-state index in [-0.39, 0.29) is 0 Å². The minimum absolute atomic E-state index is 0.761. The second kappa shape index (κ2) is 5.19. The van der Waals surface area contributed by atoms with Crippen molar-refractivity contribution in [2.45, 2.75) is 26.8 Å². The van der Waals surface area contributed by atoms with Crippen LogP contribution in [0.5, 0.6) is 0 Å². The second-order valence-electron chi connectivity index (χ2n) is 4.05. The van der Waals surface area contributed by atoms with Crippen molar-refractivity contribution >= 4 is 0 Å². The smallest absolute Gasteiger partial charge is 0.125 e. The van der Waals surface area contributed by atoms with Gasteiger partial charge >= 0.3 is 0 Å². The maximum Gasteiger partial charge on any atom is 0.125 e. The monoisotopic (exact) mass is 233 g/mol. The first kappa shape index (κ1) is 11.9. The number of hydrogen-bond donors (Lipinski definition) is 1. The van der Waals surface area contributed by atoms with E-state index in [0.29, 0.717) is 0 Å². The van der Waals surface area contributed by atoms with Gasteiger partial charge in [-0.3, -0.25) is 4.68 Å². The molecule has 0 saturated heterocycles. The molecule has 2 aromatic heterocycles. The summed E-state index contributed by atoms with van der Waals surface area (Å²) in [5.74, 6) is 0.981. The van der Waals surface area contributed by atoms with Crippen molar-refractivity contribution in [1.82, 2.24) is 15.1 Å². The number of hydrogen-bond acceptors (Lipinski definition) is 3. The molecule has 92 valence electrons. The molecular weight excluding hydrogens is 214 g/mol. The van der Waals surface area contributed by atoms with E-state index in [9.17, 15) is 0 Å². The molecule has 1 N–H and O–H groups in total. The number of furan rings is 1. The zero-order chi connectivity index (χ0) is 12.3. The van der Waals surface area contributed by atoms with Crippen LogP contribution in [0, 0.1) is 0 Å². The minimum Gasteiger partial charge on any atom is -0.467 e. The molecule has 2 heterocycles. The van der Waals surface area contributed by atoms with E-state index in [1.165, 1.54) is 5.56 Å². The lowest BCUT2D eigenvalue weighted by Crippen LogP contribution is -2.11. The molecule has 0 aliphatic rings. The molecular formula is C13H19N3O. The molecule has 0 aliphatic carbocycles. The topological polar surface area (TPSA) is 43.0 Å². The maximum absolute atomic E-state index is 5.53. The Bertz CT molecular complexity index is 485. The Kier molecular flexibility index (Phi) is 3.64. The van der Waals surface area contributed by atoms with Gasteiger partial charge in [-0.25, -0.2) is 0 Å². The van der Waals surface area contributed by atoms with Crippen LogP contribution < -0.4 is 5.32 Å². The number of nitrogens with zero attached hydrogens (tertiary/aromatic N) is 2. The van der Waals surface area contributed by atoms with Gasteiger partial charge in [-0.2, -0.15) is 5.10 Å². The minimum atomic E-state index is 0.761. The lowest BCUT2D eigenvalue weighted by Gasteiger charge is -2.02. The summed E-state index contributed by atoms with van der Waals surface area (Å²) in [6.45, 7) is 5.91. The Labute approximate surface area is 102 Å². The summed E-state index contributed by atoms with van der Waals surface area (Å²) in [6, 6.07) is 2.02. The van der Waals surface area contributed by atoms with Gasteiger partial charge < -0.3 is 9.73 Å². The molecule has 2 aromatic rings. The van der Waals surface area contributed by atoms with Crippen molar-refractivity contribution < 1.29 is 4.42 Å². The molecule has 0 aliphatic heterocycles. The van der Waals surface area contributed by atoms with Crippen LogP contribution in [0.4, 0.5) is 0 Å². The number of aryl methyl sites for hydroxylation is 2. The first-order valence-electron chi connectivity index (χ1n) is 6.06. The number of nitrogens with one attached hydrogen (secondary N) is 1. The zero-order valence-electron chi connectivity index (χ0n) is 10.7. The molecule has 0 amide bonds. The van der Waals surface area contributed by atoms with Crippen LogP contribution in [0.3, 0.4) is 0 Å². The van der Waals surface area contributed by atoms with Gasteiger partial charge in [0.1, 0.15) is 5.76 Å². The van der Waals surface area contributed by atoms with Crippen molar-refractivity contribution in [1.29, 1.82) is 0 Å². The molecule has 17 heavy (non-hydrogen) atoms. The van der Waals surface area contributed by atoms with E-state index in [0.717, 1.165) is 36.5 Å². The van der Waals surface area contributed by atoms with Gasteiger partial charge in [-0.05, 0) is 19.0 Å². The quantitative estimate of drug-likeness (QED) is 0.862. The second-order valence-corrected chi connectivity index (χ2v) is 4.05. The van der Waals surface area contributed by atoms with Crippen molar-refractivity contribution in [3.63, 3.8) is 0 Å². The summed E-state index contributed by atoms with van der Waals surface area (Å²) in [5, 5.41) is 7.75. The molecule has 0 saturated carbocycles. The third-order valence-electron chi connectivity index (χ3n) is 2.81. The van der Waals surface area contributed by atoms with Gasteiger partial charge in [0, 0.05) is 24.4 Å². The third-order valence-corrected chi connectivity index (χ3v) is 2.81. The first-order valence-corrected chi connectivity index (χ1v) is 6.06.